The van der Waals surface area contributed by atoms with E-state index in [1.54, 1.807) is 6.07 Å². The van der Waals surface area contributed by atoms with Gasteiger partial charge in [0, 0.05) is 52.0 Å². The van der Waals surface area contributed by atoms with Gasteiger partial charge in [0.15, 0.2) is 11.5 Å². The van der Waals surface area contributed by atoms with E-state index >= 15 is 0 Å². The SMILES string of the molecule is C=C1C(=O)CCC2(C)C1=C(OC)C(=O)c1cc3c(cc12)C(=O)C1=C(C3=O)S(=O)CCN1.CC. The van der Waals surface area contributed by atoms with E-state index < -0.39 is 33.6 Å². The van der Waals surface area contributed by atoms with Gasteiger partial charge in [0.05, 0.1) is 17.9 Å². The van der Waals surface area contributed by atoms with E-state index in [0.29, 0.717) is 24.1 Å². The third-order valence-electron chi connectivity index (χ3n) is 6.64. The molecule has 0 bridgehead atoms. The molecular formula is C25H25NO6S. The number of allylic oxidation sites excluding steroid dienone is 5. The first kappa shape index (κ1) is 23.0. The van der Waals surface area contributed by atoms with Gasteiger partial charge in [0.2, 0.25) is 17.3 Å². The minimum absolute atomic E-state index is 0.0296. The lowest BCUT2D eigenvalue weighted by Gasteiger charge is -2.42. The Kier molecular flexibility index (Phi) is 5.60. The van der Waals surface area contributed by atoms with Crippen molar-refractivity contribution >= 4 is 33.9 Å². The highest BCUT2D eigenvalue weighted by atomic mass is 32.2. The molecule has 8 heteroatoms. The number of hydrogen-bond donors (Lipinski definition) is 1. The fourth-order valence-electron chi connectivity index (χ4n) is 5.04. The monoisotopic (exact) mass is 467 g/mol. The van der Waals surface area contributed by atoms with Crippen molar-refractivity contribution in [1.82, 2.24) is 5.32 Å². The largest absolute Gasteiger partial charge is 0.492 e. The van der Waals surface area contributed by atoms with Crippen molar-refractivity contribution in [1.29, 1.82) is 0 Å². The van der Waals surface area contributed by atoms with Crippen LogP contribution in [-0.4, -0.2) is 46.7 Å². The first-order valence-corrected chi connectivity index (χ1v) is 12.2. The minimum Gasteiger partial charge on any atom is -0.492 e. The van der Waals surface area contributed by atoms with Gasteiger partial charge >= 0.3 is 0 Å². The molecule has 0 aromatic heterocycles. The number of Topliss-reactive ketones (excluding diaryl/α,β-unsaturated/α-hetero) is 4. The topological polar surface area (TPSA) is 107 Å². The molecule has 1 saturated carbocycles. The summed E-state index contributed by atoms with van der Waals surface area (Å²) in [4.78, 5) is 52.0. The number of nitrogens with one attached hydrogen (secondary N) is 1. The van der Waals surface area contributed by atoms with E-state index in [-0.39, 0.29) is 56.6 Å². The molecule has 0 saturated heterocycles. The Bertz CT molecular complexity index is 1270. The van der Waals surface area contributed by atoms with Crippen LogP contribution in [0.2, 0.25) is 0 Å². The number of carbonyl (C=O) groups excluding carboxylic acids is 4. The highest BCUT2D eigenvalue weighted by molar-refractivity contribution is 7.90. The summed E-state index contributed by atoms with van der Waals surface area (Å²) in [6.07, 6.45) is 0.674. The number of methoxy groups -OCH3 is 1. The first-order chi connectivity index (χ1) is 15.7. The Morgan fingerprint density at radius 3 is 2.36 bits per heavy atom. The molecule has 2 unspecified atom stereocenters. The van der Waals surface area contributed by atoms with E-state index in [9.17, 15) is 23.4 Å². The molecular weight excluding hydrogens is 442 g/mol. The lowest BCUT2D eigenvalue weighted by atomic mass is 9.60. The molecule has 1 heterocycles. The molecule has 7 nitrogen and oxygen atoms in total. The quantitative estimate of drug-likeness (QED) is 0.633. The van der Waals surface area contributed by atoms with Crippen LogP contribution in [0.3, 0.4) is 0 Å². The molecule has 2 atom stereocenters. The lowest BCUT2D eigenvalue weighted by molar-refractivity contribution is -0.116. The number of hydrogen-bond acceptors (Lipinski definition) is 7. The Labute approximate surface area is 194 Å². The van der Waals surface area contributed by atoms with Gasteiger partial charge in [0.25, 0.3) is 0 Å². The average Bonchev–Trinajstić information content (AvgIpc) is 2.82. The summed E-state index contributed by atoms with van der Waals surface area (Å²) in [6, 6.07) is 3.00. The first-order valence-electron chi connectivity index (χ1n) is 10.9. The van der Waals surface area contributed by atoms with Gasteiger partial charge in [-0.25, -0.2) is 0 Å². The Balaban J connectivity index is 0.00000126. The normalized spacial score (nSPS) is 25.9. The molecule has 5 rings (SSSR count). The van der Waals surface area contributed by atoms with Gasteiger partial charge in [-0.3, -0.25) is 23.4 Å². The van der Waals surface area contributed by atoms with Crippen molar-refractivity contribution < 1.29 is 28.1 Å². The molecule has 1 aromatic carbocycles. The summed E-state index contributed by atoms with van der Waals surface area (Å²) in [5, 5.41) is 2.92. The molecule has 1 fully saturated rings. The molecule has 33 heavy (non-hydrogen) atoms. The third kappa shape index (κ3) is 3.04. The van der Waals surface area contributed by atoms with Crippen LogP contribution < -0.4 is 5.32 Å². The van der Waals surface area contributed by atoms with Gasteiger partial charge in [-0.1, -0.05) is 27.4 Å². The summed E-state index contributed by atoms with van der Waals surface area (Å²) in [5.41, 5.74) is 1.05. The number of rotatable bonds is 1. The van der Waals surface area contributed by atoms with Gasteiger partial charge < -0.3 is 10.1 Å². The summed E-state index contributed by atoms with van der Waals surface area (Å²) in [6.45, 7) is 10.1. The molecule has 3 aliphatic carbocycles. The number of carbonyl (C=O) groups is 4. The maximum atomic E-state index is 13.3. The second-order valence-corrected chi connectivity index (χ2v) is 9.76. The number of ether oxygens (including phenoxy) is 1. The molecule has 1 N–H and O–H groups in total. The average molecular weight is 468 g/mol. The zero-order valence-electron chi connectivity index (χ0n) is 19.0. The molecule has 4 aliphatic rings. The van der Waals surface area contributed by atoms with Crippen LogP contribution >= 0.6 is 0 Å². The van der Waals surface area contributed by atoms with E-state index in [1.165, 1.54) is 13.2 Å². The van der Waals surface area contributed by atoms with Crippen LogP contribution in [0.4, 0.5) is 0 Å². The molecule has 1 aliphatic heterocycles. The maximum absolute atomic E-state index is 13.3. The molecule has 0 amide bonds. The van der Waals surface area contributed by atoms with Crippen LogP contribution in [0.25, 0.3) is 0 Å². The predicted octanol–water partition coefficient (Wildman–Crippen LogP) is 2.93. The van der Waals surface area contributed by atoms with Gasteiger partial charge in [-0.2, -0.15) is 0 Å². The summed E-state index contributed by atoms with van der Waals surface area (Å²) in [5.74, 6) is -1.26. The Morgan fingerprint density at radius 1 is 1.03 bits per heavy atom. The molecule has 0 spiro atoms. The number of ketones is 4. The summed E-state index contributed by atoms with van der Waals surface area (Å²) in [7, 11) is -0.219. The maximum Gasteiger partial charge on any atom is 0.228 e. The van der Waals surface area contributed by atoms with E-state index in [4.69, 9.17) is 4.74 Å². The Hall–Kier alpha value is -3.13. The van der Waals surface area contributed by atoms with Gasteiger partial charge in [-0.15, -0.1) is 0 Å². The fraction of sp³-hybridized carbons (Fsp3) is 0.360. The van der Waals surface area contributed by atoms with Crippen molar-refractivity contribution in [2.24, 2.45) is 0 Å². The van der Waals surface area contributed by atoms with Crippen LogP contribution in [0.15, 0.2) is 46.2 Å². The van der Waals surface area contributed by atoms with Gasteiger partial charge in [0.1, 0.15) is 10.6 Å². The minimum atomic E-state index is -1.58. The second-order valence-electron chi connectivity index (χ2n) is 8.25. The van der Waals surface area contributed by atoms with Crippen LogP contribution in [-0.2, 0) is 25.7 Å². The van der Waals surface area contributed by atoms with Crippen LogP contribution in [0.1, 0.15) is 70.3 Å². The standard InChI is InChI=1S/C23H19NO6S.C2H6/c1-10-15(25)4-5-23(2)14-9-12-11(8-13(14)19(27)21(30-3)16(10)23)20(28)22-17(18(12)26)24-6-7-31(22)29;1-2/h8-9,24H,1,4-7H2,2-3H3;1-2H3. The molecule has 1 aromatic rings. The van der Waals surface area contributed by atoms with Crippen molar-refractivity contribution in [2.45, 2.75) is 39.0 Å². The molecule has 0 radical (unpaired) electrons. The van der Waals surface area contributed by atoms with Crippen LogP contribution in [0, 0.1) is 0 Å². The predicted molar refractivity (Wildman–Crippen MR) is 124 cm³/mol. The molecule has 172 valence electrons. The highest BCUT2D eigenvalue weighted by Crippen LogP contribution is 2.51. The lowest BCUT2D eigenvalue weighted by Crippen LogP contribution is -2.42. The van der Waals surface area contributed by atoms with Crippen molar-refractivity contribution in [3.05, 3.63) is 68.5 Å². The van der Waals surface area contributed by atoms with E-state index in [1.807, 2.05) is 20.8 Å². The zero-order chi connectivity index (χ0) is 24.2. The van der Waals surface area contributed by atoms with Crippen molar-refractivity contribution in [3.63, 3.8) is 0 Å². The van der Waals surface area contributed by atoms with Crippen molar-refractivity contribution in [2.75, 3.05) is 19.4 Å². The van der Waals surface area contributed by atoms with Crippen LogP contribution in [0.5, 0.6) is 0 Å². The number of benzene rings is 1. The second kappa shape index (κ2) is 8.02. The smallest absolute Gasteiger partial charge is 0.228 e. The van der Waals surface area contributed by atoms with E-state index in [2.05, 4.69) is 11.9 Å². The van der Waals surface area contributed by atoms with Gasteiger partial charge in [-0.05, 0) is 24.1 Å². The van der Waals surface area contributed by atoms with E-state index in [0.717, 1.165) is 0 Å². The number of fused-ring (bicyclic) bond motifs is 4. The summed E-state index contributed by atoms with van der Waals surface area (Å²) < 4.78 is 17.9. The highest BCUT2D eigenvalue weighted by Gasteiger charge is 2.49. The van der Waals surface area contributed by atoms with Crippen molar-refractivity contribution in [3.8, 4) is 0 Å². The summed E-state index contributed by atoms with van der Waals surface area (Å²) >= 11 is 0. The fourth-order valence-corrected chi connectivity index (χ4v) is 6.24. The third-order valence-corrected chi connectivity index (χ3v) is 8.06. The Morgan fingerprint density at radius 2 is 1.70 bits per heavy atom. The zero-order valence-corrected chi connectivity index (χ0v) is 19.9.